The molecule has 0 aliphatic rings. The maximum atomic E-state index is 12.2. The number of ether oxygens (including phenoxy) is 1. The molecule has 1 heterocycles. The van der Waals surface area contributed by atoms with Crippen molar-refractivity contribution in [2.24, 2.45) is 0 Å². The summed E-state index contributed by atoms with van der Waals surface area (Å²) >= 11 is 0. The van der Waals surface area contributed by atoms with Crippen LogP contribution in [-0.4, -0.2) is 17.1 Å². The molecule has 0 spiro atoms. The van der Waals surface area contributed by atoms with Crippen LogP contribution in [-0.2, 0) is 6.42 Å². The highest BCUT2D eigenvalue weighted by Crippen LogP contribution is 2.34. The Hall–Kier alpha value is -2.10. The zero-order chi connectivity index (χ0) is 15.6. The molecule has 1 aromatic carbocycles. The largest absolute Gasteiger partial charge is 0.496 e. The molecule has 2 rings (SSSR count). The fourth-order valence-corrected chi connectivity index (χ4v) is 2.57. The lowest BCUT2D eigenvalue weighted by Gasteiger charge is -2.15. The summed E-state index contributed by atoms with van der Waals surface area (Å²) in [5.41, 5.74) is 4.37. The maximum Gasteiger partial charge on any atom is 0.254 e. The summed E-state index contributed by atoms with van der Waals surface area (Å²) in [7, 11) is 1.65. The van der Waals surface area contributed by atoms with E-state index in [1.54, 1.807) is 14.0 Å². The van der Waals surface area contributed by atoms with Crippen molar-refractivity contribution >= 4 is 0 Å². The molecule has 0 amide bonds. The van der Waals surface area contributed by atoms with Gasteiger partial charge >= 0.3 is 0 Å². The van der Waals surface area contributed by atoms with Crippen molar-refractivity contribution in [3.8, 4) is 17.0 Å². The smallest absolute Gasteiger partial charge is 0.254 e. The van der Waals surface area contributed by atoms with Gasteiger partial charge in [0, 0.05) is 17.5 Å². The minimum Gasteiger partial charge on any atom is -0.496 e. The van der Waals surface area contributed by atoms with Crippen molar-refractivity contribution in [3.63, 3.8) is 0 Å². The lowest BCUT2D eigenvalue weighted by atomic mass is 9.99. The summed E-state index contributed by atoms with van der Waals surface area (Å²) in [6.45, 7) is 7.92. The molecule has 0 radical (unpaired) electrons. The first kappa shape index (κ1) is 15.3. The number of nitrogens with zero attached hydrogens (tertiary/aromatic N) is 1. The van der Waals surface area contributed by atoms with Gasteiger partial charge in [-0.15, -0.1) is 0 Å². The van der Waals surface area contributed by atoms with Gasteiger partial charge in [0.1, 0.15) is 11.6 Å². The second-order valence-corrected chi connectivity index (χ2v) is 5.40. The molecule has 0 aliphatic carbocycles. The third-order valence-corrected chi connectivity index (χ3v) is 3.59. The quantitative estimate of drug-likeness (QED) is 0.938. The number of H-pyrrole nitrogens is 1. The SMILES string of the molecule is CCCc1nc(-c2c(C)cc(C)cc2OC)c(C)c(=O)[nH]1. The van der Waals surface area contributed by atoms with Gasteiger partial charge in [0.2, 0.25) is 0 Å². The number of aryl methyl sites for hydroxylation is 3. The molecule has 0 saturated heterocycles. The summed E-state index contributed by atoms with van der Waals surface area (Å²) in [5, 5.41) is 0. The van der Waals surface area contributed by atoms with Crippen molar-refractivity contribution in [3.05, 3.63) is 45.0 Å². The number of rotatable bonds is 4. The topological polar surface area (TPSA) is 55.0 Å². The second-order valence-electron chi connectivity index (χ2n) is 5.40. The second kappa shape index (κ2) is 6.12. The van der Waals surface area contributed by atoms with Crippen LogP contribution in [0.25, 0.3) is 11.3 Å². The van der Waals surface area contributed by atoms with E-state index in [4.69, 9.17) is 4.74 Å². The zero-order valence-electron chi connectivity index (χ0n) is 13.3. The molecule has 4 heteroatoms. The van der Waals surface area contributed by atoms with Crippen LogP contribution in [0, 0.1) is 20.8 Å². The molecular formula is C17H22N2O2. The van der Waals surface area contributed by atoms with E-state index in [2.05, 4.69) is 23.0 Å². The first-order valence-corrected chi connectivity index (χ1v) is 7.23. The number of methoxy groups -OCH3 is 1. The third-order valence-electron chi connectivity index (χ3n) is 3.59. The average Bonchev–Trinajstić information content (AvgIpc) is 2.42. The van der Waals surface area contributed by atoms with E-state index >= 15 is 0 Å². The Morgan fingerprint density at radius 1 is 1.24 bits per heavy atom. The zero-order valence-corrected chi connectivity index (χ0v) is 13.3. The predicted octanol–water partition coefficient (Wildman–Crippen LogP) is 3.32. The summed E-state index contributed by atoms with van der Waals surface area (Å²) < 4.78 is 5.50. The highest BCUT2D eigenvalue weighted by atomic mass is 16.5. The Balaban J connectivity index is 2.75. The lowest BCUT2D eigenvalue weighted by Crippen LogP contribution is -2.16. The summed E-state index contributed by atoms with van der Waals surface area (Å²) in [6.07, 6.45) is 1.70. The Kier molecular flexibility index (Phi) is 4.46. The molecule has 112 valence electrons. The molecule has 4 nitrogen and oxygen atoms in total. The van der Waals surface area contributed by atoms with Crippen LogP contribution in [0.1, 0.15) is 35.9 Å². The first-order chi connectivity index (χ1) is 9.97. The molecule has 0 fully saturated rings. The van der Waals surface area contributed by atoms with Crippen LogP contribution in [0.2, 0.25) is 0 Å². The predicted molar refractivity (Wildman–Crippen MR) is 85.1 cm³/mol. The first-order valence-electron chi connectivity index (χ1n) is 7.23. The minimum atomic E-state index is -0.0783. The Bertz CT molecular complexity index is 717. The molecule has 0 atom stereocenters. The molecule has 1 aromatic heterocycles. The van der Waals surface area contributed by atoms with Gasteiger partial charge in [-0.3, -0.25) is 4.79 Å². The summed E-state index contributed by atoms with van der Waals surface area (Å²) in [5.74, 6) is 1.49. The van der Waals surface area contributed by atoms with Gasteiger partial charge in [-0.1, -0.05) is 13.0 Å². The highest BCUT2D eigenvalue weighted by molar-refractivity contribution is 5.73. The number of hydrogen-bond acceptors (Lipinski definition) is 3. The minimum absolute atomic E-state index is 0.0783. The van der Waals surface area contributed by atoms with Gasteiger partial charge in [-0.2, -0.15) is 0 Å². The van der Waals surface area contributed by atoms with Crippen molar-refractivity contribution in [1.29, 1.82) is 0 Å². The van der Waals surface area contributed by atoms with Crippen LogP contribution >= 0.6 is 0 Å². The van der Waals surface area contributed by atoms with Crippen molar-refractivity contribution in [2.75, 3.05) is 7.11 Å². The third kappa shape index (κ3) is 2.99. The molecule has 21 heavy (non-hydrogen) atoms. The number of aromatic amines is 1. The van der Waals surface area contributed by atoms with Gasteiger partial charge < -0.3 is 9.72 Å². The number of aromatic nitrogens is 2. The normalized spacial score (nSPS) is 10.7. The van der Waals surface area contributed by atoms with Crippen LogP contribution in [0.5, 0.6) is 5.75 Å². The average molecular weight is 286 g/mol. The Morgan fingerprint density at radius 3 is 2.57 bits per heavy atom. The molecule has 1 N–H and O–H groups in total. The Labute approximate surface area is 125 Å². The van der Waals surface area contributed by atoms with Crippen molar-refractivity contribution in [1.82, 2.24) is 9.97 Å². The highest BCUT2D eigenvalue weighted by Gasteiger charge is 2.16. The molecule has 0 saturated carbocycles. The Morgan fingerprint density at radius 2 is 1.95 bits per heavy atom. The van der Waals surface area contributed by atoms with E-state index in [9.17, 15) is 4.79 Å². The molecule has 2 aromatic rings. The van der Waals surface area contributed by atoms with Crippen LogP contribution in [0.4, 0.5) is 0 Å². The van der Waals surface area contributed by atoms with Gasteiger partial charge in [-0.25, -0.2) is 4.98 Å². The molecular weight excluding hydrogens is 264 g/mol. The van der Waals surface area contributed by atoms with E-state index < -0.39 is 0 Å². The molecule has 0 unspecified atom stereocenters. The van der Waals surface area contributed by atoms with E-state index in [1.807, 2.05) is 19.9 Å². The molecule has 0 aliphatic heterocycles. The van der Waals surface area contributed by atoms with Crippen molar-refractivity contribution in [2.45, 2.75) is 40.5 Å². The number of hydrogen-bond donors (Lipinski definition) is 1. The van der Waals surface area contributed by atoms with E-state index in [0.29, 0.717) is 5.56 Å². The van der Waals surface area contributed by atoms with E-state index in [-0.39, 0.29) is 5.56 Å². The van der Waals surface area contributed by atoms with E-state index in [1.165, 1.54) is 0 Å². The van der Waals surface area contributed by atoms with Gasteiger partial charge in [0.25, 0.3) is 5.56 Å². The molecule has 0 bridgehead atoms. The van der Waals surface area contributed by atoms with Gasteiger partial charge in [0.05, 0.1) is 12.8 Å². The van der Waals surface area contributed by atoms with Crippen molar-refractivity contribution < 1.29 is 4.74 Å². The summed E-state index contributed by atoms with van der Waals surface area (Å²) in [4.78, 5) is 19.7. The monoisotopic (exact) mass is 286 g/mol. The number of benzene rings is 1. The van der Waals surface area contributed by atoms with Crippen LogP contribution in [0.3, 0.4) is 0 Å². The van der Waals surface area contributed by atoms with Gasteiger partial charge in [0.15, 0.2) is 0 Å². The fraction of sp³-hybridized carbons (Fsp3) is 0.412. The summed E-state index contributed by atoms with van der Waals surface area (Å²) in [6, 6.07) is 4.06. The maximum absolute atomic E-state index is 12.2. The van der Waals surface area contributed by atoms with Crippen LogP contribution < -0.4 is 10.3 Å². The van der Waals surface area contributed by atoms with Crippen LogP contribution in [0.15, 0.2) is 16.9 Å². The lowest BCUT2D eigenvalue weighted by molar-refractivity contribution is 0.415. The standard InChI is InChI=1S/C17H22N2O2/c1-6-7-14-18-16(12(4)17(20)19-14)15-11(3)8-10(2)9-13(15)21-5/h8-9H,6-7H2,1-5H3,(H,18,19,20). The number of nitrogens with one attached hydrogen (secondary N) is 1. The van der Waals surface area contributed by atoms with E-state index in [0.717, 1.165) is 46.8 Å². The fourth-order valence-electron chi connectivity index (χ4n) is 2.57. The van der Waals surface area contributed by atoms with Gasteiger partial charge in [-0.05, 0) is 44.4 Å².